The van der Waals surface area contributed by atoms with Crippen LogP contribution in [0.2, 0.25) is 0 Å². The first-order valence-corrected chi connectivity index (χ1v) is 13.3. The van der Waals surface area contributed by atoms with Gasteiger partial charge in [0.05, 0.1) is 6.20 Å². The maximum atomic E-state index is 12.8. The van der Waals surface area contributed by atoms with Gasteiger partial charge >= 0.3 is 6.03 Å². The fraction of sp³-hybridized carbons (Fsp3) is 0.448. The third kappa shape index (κ3) is 6.77. The summed E-state index contributed by atoms with van der Waals surface area (Å²) < 4.78 is 11.4. The number of benzene rings is 1. The molecule has 0 radical (unpaired) electrons. The molecule has 2 fully saturated rings. The van der Waals surface area contributed by atoms with Gasteiger partial charge in [0.2, 0.25) is 0 Å². The summed E-state index contributed by atoms with van der Waals surface area (Å²) in [4.78, 5) is 32.0. The molecule has 200 valence electrons. The molecule has 9 nitrogen and oxygen atoms in total. The highest BCUT2D eigenvalue weighted by molar-refractivity contribution is 5.99. The highest BCUT2D eigenvalue weighted by Crippen LogP contribution is 2.30. The summed E-state index contributed by atoms with van der Waals surface area (Å²) in [5.74, 6) is 1.66. The Balaban J connectivity index is 1.08. The number of nitrogens with zero attached hydrogens (tertiary/aromatic N) is 3. The summed E-state index contributed by atoms with van der Waals surface area (Å²) in [6, 6.07) is 12.8. The van der Waals surface area contributed by atoms with Gasteiger partial charge in [-0.3, -0.25) is 10.1 Å². The molecular formula is C29H35N5O4. The Morgan fingerprint density at radius 1 is 1.03 bits per heavy atom. The van der Waals surface area contributed by atoms with Crippen LogP contribution in [0, 0.1) is 0 Å². The van der Waals surface area contributed by atoms with Crippen molar-refractivity contribution in [2.24, 2.45) is 0 Å². The second-order valence-corrected chi connectivity index (χ2v) is 11.2. The molecule has 3 aromatic rings. The van der Waals surface area contributed by atoms with E-state index in [9.17, 15) is 9.59 Å². The molecule has 0 spiro atoms. The van der Waals surface area contributed by atoms with Gasteiger partial charge in [0, 0.05) is 42.7 Å². The molecule has 2 N–H and O–H groups in total. The summed E-state index contributed by atoms with van der Waals surface area (Å²) in [7, 11) is 0. The highest BCUT2D eigenvalue weighted by atomic mass is 16.5. The number of hydrogen-bond acceptors (Lipinski definition) is 7. The largest absolute Gasteiger partial charge is 0.489 e. The van der Waals surface area contributed by atoms with Gasteiger partial charge in [-0.2, -0.15) is 0 Å². The van der Waals surface area contributed by atoms with Crippen LogP contribution in [0.15, 0.2) is 53.2 Å². The van der Waals surface area contributed by atoms with Crippen LogP contribution in [0.1, 0.15) is 68.3 Å². The minimum atomic E-state index is -0.428. The van der Waals surface area contributed by atoms with Crippen molar-refractivity contribution in [2.75, 3.05) is 23.7 Å². The fourth-order valence-corrected chi connectivity index (χ4v) is 4.55. The lowest BCUT2D eigenvalue weighted by atomic mass is 9.93. The van der Waals surface area contributed by atoms with E-state index in [1.54, 1.807) is 30.5 Å². The highest BCUT2D eigenvalue weighted by Gasteiger charge is 2.32. The Morgan fingerprint density at radius 2 is 1.76 bits per heavy atom. The standard InChI is InChI=1S/C29H35N5O4/c1-29(2,3)26-17-27(33-38-26)32-28(36)31-20-6-4-19(5-7-20)16-25(35)24-11-10-23(18-30-24)37-22-12-14-34(15-13-22)21-8-9-21/h4-7,10-11,17-18,21-22H,8-9,12-16H2,1-3H3,(H2,31,32,33,36). The van der Waals surface area contributed by atoms with Crippen LogP contribution in [0.5, 0.6) is 5.75 Å². The zero-order chi connectivity index (χ0) is 26.7. The van der Waals surface area contributed by atoms with E-state index in [0.29, 0.717) is 28.7 Å². The van der Waals surface area contributed by atoms with E-state index in [1.165, 1.54) is 12.8 Å². The van der Waals surface area contributed by atoms with Crippen molar-refractivity contribution >= 4 is 23.3 Å². The summed E-state index contributed by atoms with van der Waals surface area (Å²) in [5.41, 5.74) is 1.64. The minimum Gasteiger partial charge on any atom is -0.489 e. The predicted molar refractivity (Wildman–Crippen MR) is 145 cm³/mol. The quantitative estimate of drug-likeness (QED) is 0.383. The van der Waals surface area contributed by atoms with Gasteiger partial charge in [-0.1, -0.05) is 38.1 Å². The maximum Gasteiger partial charge on any atom is 0.324 e. The monoisotopic (exact) mass is 517 g/mol. The lowest BCUT2D eigenvalue weighted by Gasteiger charge is -2.32. The number of likely N-dealkylation sites (tertiary alicyclic amines) is 1. The smallest absolute Gasteiger partial charge is 0.324 e. The van der Waals surface area contributed by atoms with Crippen LogP contribution in [-0.2, 0) is 11.8 Å². The van der Waals surface area contributed by atoms with E-state index >= 15 is 0 Å². The SMILES string of the molecule is CC(C)(C)c1cc(NC(=O)Nc2ccc(CC(=O)c3ccc(OC4CCN(C5CC5)CC4)cn3)cc2)no1. The normalized spacial score (nSPS) is 16.7. The van der Waals surface area contributed by atoms with Gasteiger partial charge in [0.15, 0.2) is 11.6 Å². The van der Waals surface area contributed by atoms with Crippen LogP contribution in [0.3, 0.4) is 0 Å². The number of rotatable bonds is 8. The molecule has 2 amide bonds. The number of ether oxygens (including phenoxy) is 1. The molecule has 5 rings (SSSR count). The van der Waals surface area contributed by atoms with Crippen LogP contribution in [-0.4, -0.2) is 52.1 Å². The second kappa shape index (κ2) is 10.9. The second-order valence-electron chi connectivity index (χ2n) is 11.2. The van der Waals surface area contributed by atoms with E-state index in [0.717, 1.165) is 37.5 Å². The minimum absolute atomic E-state index is 0.0755. The third-order valence-corrected chi connectivity index (χ3v) is 6.93. The fourth-order valence-electron chi connectivity index (χ4n) is 4.55. The van der Waals surface area contributed by atoms with Crippen molar-refractivity contribution in [1.29, 1.82) is 0 Å². The Morgan fingerprint density at radius 3 is 2.37 bits per heavy atom. The van der Waals surface area contributed by atoms with Gasteiger partial charge < -0.3 is 19.5 Å². The average Bonchev–Trinajstić information content (AvgIpc) is 3.63. The number of aromatic nitrogens is 2. The molecule has 1 aliphatic heterocycles. The number of amides is 2. The Labute approximate surface area is 222 Å². The van der Waals surface area contributed by atoms with Crippen molar-refractivity contribution in [3.63, 3.8) is 0 Å². The van der Waals surface area contributed by atoms with Crippen molar-refractivity contribution < 1.29 is 18.8 Å². The van der Waals surface area contributed by atoms with Crippen LogP contribution >= 0.6 is 0 Å². The number of pyridine rings is 1. The Kier molecular flexibility index (Phi) is 7.46. The molecule has 2 aromatic heterocycles. The van der Waals surface area contributed by atoms with Gasteiger partial charge in [-0.25, -0.2) is 9.78 Å². The molecule has 1 saturated heterocycles. The van der Waals surface area contributed by atoms with Crippen molar-refractivity contribution in [3.05, 3.63) is 65.7 Å². The van der Waals surface area contributed by atoms with Gasteiger partial charge in [0.1, 0.15) is 23.3 Å². The molecule has 1 saturated carbocycles. The lowest BCUT2D eigenvalue weighted by Crippen LogP contribution is -2.39. The molecule has 9 heteroatoms. The molecule has 38 heavy (non-hydrogen) atoms. The lowest BCUT2D eigenvalue weighted by molar-refractivity contribution is 0.0959. The maximum absolute atomic E-state index is 12.8. The molecule has 0 bridgehead atoms. The number of urea groups is 1. The summed E-state index contributed by atoms with van der Waals surface area (Å²) >= 11 is 0. The van der Waals surface area contributed by atoms with E-state index < -0.39 is 6.03 Å². The van der Waals surface area contributed by atoms with Gasteiger partial charge in [-0.15, -0.1) is 0 Å². The first-order valence-electron chi connectivity index (χ1n) is 13.3. The molecule has 3 heterocycles. The van der Waals surface area contributed by atoms with E-state index in [1.807, 2.05) is 39.0 Å². The zero-order valence-corrected chi connectivity index (χ0v) is 22.2. The number of nitrogens with one attached hydrogen (secondary N) is 2. The molecule has 0 unspecified atom stereocenters. The predicted octanol–water partition coefficient (Wildman–Crippen LogP) is 5.44. The molecule has 1 aromatic carbocycles. The summed E-state index contributed by atoms with van der Waals surface area (Å²) in [6.45, 7) is 8.20. The first-order chi connectivity index (χ1) is 18.2. The number of anilines is 2. The van der Waals surface area contributed by atoms with E-state index in [-0.39, 0.29) is 23.7 Å². The van der Waals surface area contributed by atoms with Crippen molar-refractivity contribution in [3.8, 4) is 5.75 Å². The molecule has 2 aliphatic rings. The Hall–Kier alpha value is -3.72. The average molecular weight is 518 g/mol. The molecule has 0 atom stereocenters. The molecular weight excluding hydrogens is 482 g/mol. The van der Waals surface area contributed by atoms with Crippen LogP contribution < -0.4 is 15.4 Å². The summed E-state index contributed by atoms with van der Waals surface area (Å²) in [6.07, 6.45) is 6.81. The number of Topliss-reactive ketones (excluding diaryl/α,β-unsaturated/α-hetero) is 1. The number of piperidine rings is 1. The zero-order valence-electron chi connectivity index (χ0n) is 22.2. The summed E-state index contributed by atoms with van der Waals surface area (Å²) in [5, 5.41) is 9.30. The number of ketones is 1. The van der Waals surface area contributed by atoms with Gasteiger partial charge in [-0.05, 0) is 55.5 Å². The number of carbonyl (C=O) groups excluding carboxylic acids is 2. The van der Waals surface area contributed by atoms with Crippen molar-refractivity contribution in [2.45, 2.75) is 70.4 Å². The molecule has 1 aliphatic carbocycles. The van der Waals surface area contributed by atoms with Crippen molar-refractivity contribution in [1.82, 2.24) is 15.0 Å². The topological polar surface area (TPSA) is 110 Å². The number of carbonyl (C=O) groups is 2. The first kappa shape index (κ1) is 25.9. The van der Waals surface area contributed by atoms with E-state index in [2.05, 4.69) is 25.7 Å². The van der Waals surface area contributed by atoms with Crippen LogP contribution in [0.25, 0.3) is 0 Å². The van der Waals surface area contributed by atoms with Crippen LogP contribution in [0.4, 0.5) is 16.3 Å². The van der Waals surface area contributed by atoms with E-state index in [4.69, 9.17) is 9.26 Å². The third-order valence-electron chi connectivity index (χ3n) is 6.93. The Bertz CT molecular complexity index is 1250. The number of hydrogen-bond donors (Lipinski definition) is 2. The van der Waals surface area contributed by atoms with Gasteiger partial charge in [0.25, 0.3) is 0 Å².